The van der Waals surface area contributed by atoms with E-state index >= 15 is 0 Å². The van der Waals surface area contributed by atoms with Gasteiger partial charge in [-0.25, -0.2) is 13.8 Å². The molecule has 3 N–H and O–H groups in total. The van der Waals surface area contributed by atoms with E-state index in [1.54, 1.807) is 0 Å². The van der Waals surface area contributed by atoms with Crippen LogP contribution in [0.5, 0.6) is 0 Å². The van der Waals surface area contributed by atoms with Crippen molar-refractivity contribution in [1.82, 2.24) is 4.98 Å². The highest BCUT2D eigenvalue weighted by Crippen LogP contribution is 2.32. The average Bonchev–Trinajstić information content (AvgIpc) is 2.34. The fraction of sp³-hybridized carbons (Fsp3) is 0.0833. The molecule has 1 aromatic heterocycles. The molecule has 3 nitrogen and oxygen atoms in total. The number of aromatic nitrogens is 1. The first-order valence-corrected chi connectivity index (χ1v) is 5.44. The zero-order valence-electron chi connectivity index (χ0n) is 10.1. The minimum absolute atomic E-state index is 0.152. The lowest BCUT2D eigenvalue weighted by molar-refractivity contribution is -0.140. The Bertz CT molecular complexity index is 683. The van der Waals surface area contributed by atoms with Crippen molar-refractivity contribution in [2.75, 3.05) is 11.1 Å². The Morgan fingerprint density at radius 2 is 1.62 bits per heavy atom. The second kappa shape index (κ2) is 5.15. The molecule has 0 fully saturated rings. The first-order chi connectivity index (χ1) is 9.68. The quantitative estimate of drug-likeness (QED) is 0.503. The zero-order valence-corrected chi connectivity index (χ0v) is 10.1. The van der Waals surface area contributed by atoms with Gasteiger partial charge in [0, 0.05) is 12.1 Å². The van der Waals surface area contributed by atoms with Crippen molar-refractivity contribution in [3.8, 4) is 0 Å². The number of nitrogens with zero attached hydrogens (tertiary/aromatic N) is 1. The van der Waals surface area contributed by atoms with Crippen LogP contribution in [0.25, 0.3) is 0 Å². The molecule has 0 aliphatic heterocycles. The maximum Gasteiger partial charge on any atom is 0.420 e. The highest BCUT2D eigenvalue weighted by Gasteiger charge is 2.34. The molecule has 0 unspecified atom stereocenters. The fourth-order valence-corrected chi connectivity index (χ4v) is 1.52. The molecule has 1 heterocycles. The van der Waals surface area contributed by atoms with Crippen molar-refractivity contribution >= 4 is 17.2 Å². The average molecular weight is 307 g/mol. The molecule has 21 heavy (non-hydrogen) atoms. The number of hydrogen-bond donors (Lipinski definition) is 2. The van der Waals surface area contributed by atoms with Crippen LogP contribution >= 0.6 is 0 Å². The Morgan fingerprint density at radius 1 is 1.00 bits per heavy atom. The predicted octanol–water partition coefficient (Wildman–Crippen LogP) is 3.84. The van der Waals surface area contributed by atoms with Crippen LogP contribution < -0.4 is 11.1 Å². The molecule has 0 saturated heterocycles. The SMILES string of the molecule is Nc1cc(F)c(F)cc1Nc1ccc(C(F)(F)F)c(F)n1. The van der Waals surface area contributed by atoms with Crippen molar-refractivity contribution < 1.29 is 26.3 Å². The molecule has 2 rings (SSSR count). The third-order valence-electron chi connectivity index (χ3n) is 2.51. The summed E-state index contributed by atoms with van der Waals surface area (Å²) < 4.78 is 76.2. The Morgan fingerprint density at radius 3 is 2.19 bits per heavy atom. The molecule has 2 aromatic rings. The smallest absolute Gasteiger partial charge is 0.397 e. The van der Waals surface area contributed by atoms with Gasteiger partial charge in [0.05, 0.1) is 11.4 Å². The Hall–Kier alpha value is -2.45. The van der Waals surface area contributed by atoms with Crippen LogP contribution in [-0.2, 0) is 6.18 Å². The number of alkyl halides is 3. The molecule has 112 valence electrons. The normalized spacial score (nSPS) is 11.5. The van der Waals surface area contributed by atoms with Gasteiger partial charge >= 0.3 is 6.18 Å². The molecule has 0 bridgehead atoms. The molecule has 0 aliphatic rings. The maximum atomic E-state index is 13.3. The summed E-state index contributed by atoms with van der Waals surface area (Å²) in [7, 11) is 0. The Kier molecular flexibility index (Phi) is 3.67. The van der Waals surface area contributed by atoms with Crippen molar-refractivity contribution in [2.24, 2.45) is 0 Å². The van der Waals surface area contributed by atoms with Crippen molar-refractivity contribution in [3.05, 3.63) is 47.4 Å². The second-order valence-electron chi connectivity index (χ2n) is 4.01. The van der Waals surface area contributed by atoms with E-state index in [1.807, 2.05) is 0 Å². The molecule has 1 aromatic carbocycles. The number of nitrogen functional groups attached to an aromatic ring is 1. The molecule has 0 radical (unpaired) electrons. The van der Waals surface area contributed by atoms with Crippen LogP contribution in [0.1, 0.15) is 5.56 Å². The number of benzene rings is 1. The van der Waals surface area contributed by atoms with E-state index in [1.165, 1.54) is 0 Å². The van der Waals surface area contributed by atoms with Crippen LogP contribution in [0.4, 0.5) is 43.5 Å². The highest BCUT2D eigenvalue weighted by atomic mass is 19.4. The number of pyridine rings is 1. The molecule has 0 amide bonds. The highest BCUT2D eigenvalue weighted by molar-refractivity contribution is 5.71. The van der Waals surface area contributed by atoms with Crippen LogP contribution in [0.3, 0.4) is 0 Å². The number of rotatable bonds is 2. The number of nitrogens with one attached hydrogen (secondary N) is 1. The largest absolute Gasteiger partial charge is 0.420 e. The van der Waals surface area contributed by atoms with Gasteiger partial charge in [-0.05, 0) is 12.1 Å². The van der Waals surface area contributed by atoms with Gasteiger partial charge in [-0.15, -0.1) is 0 Å². The minimum atomic E-state index is -4.88. The monoisotopic (exact) mass is 307 g/mol. The Labute approximate surface area is 114 Å². The zero-order chi connectivity index (χ0) is 15.8. The standard InChI is InChI=1S/C12H7F6N3/c13-6-3-8(19)9(4-7(6)14)20-10-2-1-5(11(15)21-10)12(16,17)18/h1-4H,19H2,(H,20,21). The summed E-state index contributed by atoms with van der Waals surface area (Å²) in [6, 6.07) is 2.67. The van der Waals surface area contributed by atoms with Gasteiger partial charge in [-0.3, -0.25) is 0 Å². The van der Waals surface area contributed by atoms with E-state index < -0.39 is 29.3 Å². The van der Waals surface area contributed by atoms with Crippen LogP contribution in [0.15, 0.2) is 24.3 Å². The number of anilines is 3. The third-order valence-corrected chi connectivity index (χ3v) is 2.51. The summed E-state index contributed by atoms with van der Waals surface area (Å²) in [5, 5.41) is 2.31. The van der Waals surface area contributed by atoms with Gasteiger partial charge in [-0.1, -0.05) is 0 Å². The van der Waals surface area contributed by atoms with Crippen molar-refractivity contribution in [3.63, 3.8) is 0 Å². The van der Waals surface area contributed by atoms with Gasteiger partial charge in [0.1, 0.15) is 11.4 Å². The van der Waals surface area contributed by atoms with Gasteiger partial charge in [0.15, 0.2) is 11.6 Å². The summed E-state index contributed by atoms with van der Waals surface area (Å²) in [5.74, 6) is -4.49. The Balaban J connectivity index is 2.33. The summed E-state index contributed by atoms with van der Waals surface area (Å²) in [6.07, 6.45) is -4.88. The molecule has 0 atom stereocenters. The van der Waals surface area contributed by atoms with Crippen LogP contribution in [0, 0.1) is 17.6 Å². The lowest BCUT2D eigenvalue weighted by Gasteiger charge is -2.11. The van der Waals surface area contributed by atoms with Gasteiger partial charge in [0.25, 0.3) is 0 Å². The number of halogens is 6. The molecule has 0 aliphatic carbocycles. The lowest BCUT2D eigenvalue weighted by Crippen LogP contribution is -2.10. The molecule has 0 spiro atoms. The fourth-order valence-electron chi connectivity index (χ4n) is 1.52. The van der Waals surface area contributed by atoms with Crippen LogP contribution in [-0.4, -0.2) is 4.98 Å². The maximum absolute atomic E-state index is 13.3. The molecule has 0 saturated carbocycles. The van der Waals surface area contributed by atoms with E-state index in [4.69, 9.17) is 5.73 Å². The summed E-state index contributed by atoms with van der Waals surface area (Å²) in [6.45, 7) is 0. The van der Waals surface area contributed by atoms with Crippen molar-refractivity contribution in [1.29, 1.82) is 0 Å². The third kappa shape index (κ3) is 3.18. The lowest BCUT2D eigenvalue weighted by atomic mass is 10.2. The van der Waals surface area contributed by atoms with E-state index in [9.17, 15) is 26.3 Å². The number of hydrogen-bond acceptors (Lipinski definition) is 3. The topological polar surface area (TPSA) is 50.9 Å². The van der Waals surface area contributed by atoms with E-state index in [2.05, 4.69) is 10.3 Å². The summed E-state index contributed by atoms with van der Waals surface area (Å²) >= 11 is 0. The van der Waals surface area contributed by atoms with E-state index in [0.29, 0.717) is 18.2 Å². The first-order valence-electron chi connectivity index (χ1n) is 5.44. The minimum Gasteiger partial charge on any atom is -0.397 e. The molecule has 9 heteroatoms. The molecular weight excluding hydrogens is 300 g/mol. The summed E-state index contributed by atoms with van der Waals surface area (Å²) in [5.41, 5.74) is 3.50. The van der Waals surface area contributed by atoms with Gasteiger partial charge in [0.2, 0.25) is 5.95 Å². The van der Waals surface area contributed by atoms with Crippen LogP contribution in [0.2, 0.25) is 0 Å². The number of nitrogens with two attached hydrogens (primary N) is 1. The van der Waals surface area contributed by atoms with Gasteiger partial charge in [-0.2, -0.15) is 17.6 Å². The second-order valence-corrected chi connectivity index (χ2v) is 4.01. The predicted molar refractivity (Wildman–Crippen MR) is 63.3 cm³/mol. The first kappa shape index (κ1) is 14.9. The van der Waals surface area contributed by atoms with E-state index in [0.717, 1.165) is 6.07 Å². The molecular formula is C12H7F6N3. The van der Waals surface area contributed by atoms with Gasteiger partial charge < -0.3 is 11.1 Å². The van der Waals surface area contributed by atoms with E-state index in [-0.39, 0.29) is 17.2 Å². The summed E-state index contributed by atoms with van der Waals surface area (Å²) in [4.78, 5) is 3.06. The van der Waals surface area contributed by atoms with Crippen molar-refractivity contribution in [2.45, 2.75) is 6.18 Å².